The summed E-state index contributed by atoms with van der Waals surface area (Å²) in [7, 11) is 0. The van der Waals surface area contributed by atoms with Crippen molar-refractivity contribution in [3.05, 3.63) is 57.5 Å². The number of nitro benzene ring substituents is 1. The van der Waals surface area contributed by atoms with E-state index in [9.17, 15) is 10.1 Å². The zero-order valence-electron chi connectivity index (χ0n) is 12.1. The average molecular weight is 286 g/mol. The lowest BCUT2D eigenvalue weighted by Crippen LogP contribution is -1.99. The van der Waals surface area contributed by atoms with Gasteiger partial charge in [-0.3, -0.25) is 10.1 Å². The van der Waals surface area contributed by atoms with E-state index >= 15 is 0 Å². The van der Waals surface area contributed by atoms with Crippen LogP contribution in [0.15, 0.2) is 34.7 Å². The Kier molecular flexibility index (Phi) is 3.41. The van der Waals surface area contributed by atoms with Gasteiger partial charge in [-0.2, -0.15) is 0 Å². The SMILES string of the molecule is Cc1cc(NCc2ccc(C3CC3C)o2)ccc1[N+](=O)[O-]. The first kappa shape index (κ1) is 13.7. The van der Waals surface area contributed by atoms with Crippen LogP contribution < -0.4 is 5.32 Å². The average Bonchev–Trinajstić information content (AvgIpc) is 2.99. The molecule has 0 saturated heterocycles. The van der Waals surface area contributed by atoms with Gasteiger partial charge in [0.05, 0.1) is 11.5 Å². The molecule has 5 heteroatoms. The lowest BCUT2D eigenvalue weighted by molar-refractivity contribution is -0.385. The lowest BCUT2D eigenvalue weighted by Gasteiger charge is -2.06. The van der Waals surface area contributed by atoms with Crippen molar-refractivity contribution in [1.82, 2.24) is 0 Å². The van der Waals surface area contributed by atoms with Gasteiger partial charge in [0.1, 0.15) is 11.5 Å². The van der Waals surface area contributed by atoms with E-state index in [1.165, 1.54) is 12.5 Å². The summed E-state index contributed by atoms with van der Waals surface area (Å²) in [5.41, 5.74) is 1.65. The third-order valence-electron chi connectivity index (χ3n) is 4.02. The molecule has 2 atom stereocenters. The van der Waals surface area contributed by atoms with Gasteiger partial charge in [-0.15, -0.1) is 0 Å². The molecule has 0 bridgehead atoms. The number of nitro groups is 1. The number of nitrogens with zero attached hydrogens (tertiary/aromatic N) is 1. The first-order valence-corrected chi connectivity index (χ1v) is 7.12. The topological polar surface area (TPSA) is 68.3 Å². The summed E-state index contributed by atoms with van der Waals surface area (Å²) in [5, 5.41) is 14.0. The van der Waals surface area contributed by atoms with Gasteiger partial charge in [0.15, 0.2) is 0 Å². The van der Waals surface area contributed by atoms with Gasteiger partial charge < -0.3 is 9.73 Å². The predicted octanol–water partition coefficient (Wildman–Crippen LogP) is 4.23. The Balaban J connectivity index is 1.63. The molecule has 110 valence electrons. The van der Waals surface area contributed by atoms with Gasteiger partial charge in [0, 0.05) is 23.2 Å². The molecular formula is C16H18N2O3. The number of hydrogen-bond donors (Lipinski definition) is 1. The summed E-state index contributed by atoms with van der Waals surface area (Å²) in [6.07, 6.45) is 1.21. The Hall–Kier alpha value is -2.30. The van der Waals surface area contributed by atoms with Crippen LogP contribution in [0.5, 0.6) is 0 Å². The highest BCUT2D eigenvalue weighted by Gasteiger charge is 2.36. The molecule has 3 rings (SSSR count). The second kappa shape index (κ2) is 5.24. The zero-order chi connectivity index (χ0) is 15.0. The highest BCUT2D eigenvalue weighted by Crippen LogP contribution is 2.47. The number of benzene rings is 1. The molecule has 5 nitrogen and oxygen atoms in total. The maximum atomic E-state index is 10.8. The van der Waals surface area contributed by atoms with Crippen molar-refractivity contribution in [2.75, 3.05) is 5.32 Å². The Labute approximate surface area is 123 Å². The van der Waals surface area contributed by atoms with Crippen LogP contribution in [0.3, 0.4) is 0 Å². The van der Waals surface area contributed by atoms with Gasteiger partial charge in [0.2, 0.25) is 0 Å². The number of nitrogens with one attached hydrogen (secondary N) is 1. The number of hydrogen-bond acceptors (Lipinski definition) is 4. The second-order valence-electron chi connectivity index (χ2n) is 5.74. The molecular weight excluding hydrogens is 268 g/mol. The standard InChI is InChI=1S/C16H18N2O3/c1-10-8-14(10)16-6-4-13(21-16)9-17-12-3-5-15(18(19)20)11(2)7-12/h3-7,10,14,17H,8-9H2,1-2H3. The molecule has 1 aromatic carbocycles. The van der Waals surface area contributed by atoms with E-state index in [4.69, 9.17) is 4.42 Å². The number of anilines is 1. The quantitative estimate of drug-likeness (QED) is 0.659. The van der Waals surface area contributed by atoms with Crippen LogP contribution in [-0.2, 0) is 6.54 Å². The maximum absolute atomic E-state index is 10.8. The second-order valence-corrected chi connectivity index (χ2v) is 5.74. The summed E-state index contributed by atoms with van der Waals surface area (Å²) in [6, 6.07) is 9.07. The summed E-state index contributed by atoms with van der Waals surface area (Å²) >= 11 is 0. The van der Waals surface area contributed by atoms with Crippen LogP contribution in [0.1, 0.15) is 36.3 Å². The van der Waals surface area contributed by atoms with Crippen molar-refractivity contribution in [2.45, 2.75) is 32.7 Å². The molecule has 21 heavy (non-hydrogen) atoms. The molecule has 1 N–H and O–H groups in total. The van der Waals surface area contributed by atoms with Crippen LogP contribution in [0.2, 0.25) is 0 Å². The third kappa shape index (κ3) is 2.91. The monoisotopic (exact) mass is 286 g/mol. The molecule has 1 aromatic heterocycles. The zero-order valence-corrected chi connectivity index (χ0v) is 12.1. The van der Waals surface area contributed by atoms with E-state index in [0.717, 1.165) is 23.1 Å². The smallest absolute Gasteiger partial charge is 0.272 e. The summed E-state index contributed by atoms with van der Waals surface area (Å²) in [4.78, 5) is 10.4. The Bertz CT molecular complexity index is 678. The Morgan fingerprint density at radius 2 is 2.14 bits per heavy atom. The van der Waals surface area contributed by atoms with E-state index in [1.807, 2.05) is 12.1 Å². The molecule has 0 aliphatic heterocycles. The molecule has 0 radical (unpaired) electrons. The highest BCUT2D eigenvalue weighted by molar-refractivity contribution is 5.53. The van der Waals surface area contributed by atoms with Gasteiger partial charge >= 0.3 is 0 Å². The molecule has 2 aromatic rings. The van der Waals surface area contributed by atoms with E-state index in [0.29, 0.717) is 18.0 Å². The van der Waals surface area contributed by atoms with Crippen molar-refractivity contribution in [3.8, 4) is 0 Å². The van der Waals surface area contributed by atoms with Crippen LogP contribution in [-0.4, -0.2) is 4.92 Å². The maximum Gasteiger partial charge on any atom is 0.272 e. The van der Waals surface area contributed by atoms with Crippen LogP contribution in [0.4, 0.5) is 11.4 Å². The fourth-order valence-electron chi connectivity index (χ4n) is 2.57. The van der Waals surface area contributed by atoms with Crippen molar-refractivity contribution in [1.29, 1.82) is 0 Å². The highest BCUT2D eigenvalue weighted by atomic mass is 16.6. The van der Waals surface area contributed by atoms with Crippen molar-refractivity contribution in [2.24, 2.45) is 5.92 Å². The van der Waals surface area contributed by atoms with E-state index in [2.05, 4.69) is 12.2 Å². The van der Waals surface area contributed by atoms with Gasteiger partial charge in [-0.1, -0.05) is 6.92 Å². The summed E-state index contributed by atoms with van der Waals surface area (Å²) in [5.74, 6) is 3.27. The van der Waals surface area contributed by atoms with Crippen LogP contribution in [0, 0.1) is 23.0 Å². The minimum atomic E-state index is -0.366. The summed E-state index contributed by atoms with van der Waals surface area (Å²) < 4.78 is 5.82. The minimum absolute atomic E-state index is 0.142. The molecule has 1 fully saturated rings. The molecule has 0 amide bonds. The molecule has 1 heterocycles. The van der Waals surface area contributed by atoms with Gasteiger partial charge in [-0.05, 0) is 43.5 Å². The number of furan rings is 1. The minimum Gasteiger partial charge on any atom is -0.464 e. The van der Waals surface area contributed by atoms with Gasteiger partial charge in [0.25, 0.3) is 5.69 Å². The number of aryl methyl sites for hydroxylation is 1. The first-order chi connectivity index (χ1) is 10.0. The van der Waals surface area contributed by atoms with Crippen molar-refractivity contribution in [3.63, 3.8) is 0 Å². The molecule has 1 aliphatic carbocycles. The predicted molar refractivity (Wildman–Crippen MR) is 80.4 cm³/mol. The Morgan fingerprint density at radius 3 is 2.76 bits per heavy atom. The fraction of sp³-hybridized carbons (Fsp3) is 0.375. The van der Waals surface area contributed by atoms with Crippen molar-refractivity contribution < 1.29 is 9.34 Å². The summed E-state index contributed by atoms with van der Waals surface area (Å²) in [6.45, 7) is 4.55. The molecule has 2 unspecified atom stereocenters. The normalized spacial score (nSPS) is 20.3. The van der Waals surface area contributed by atoms with Crippen molar-refractivity contribution >= 4 is 11.4 Å². The van der Waals surface area contributed by atoms with E-state index in [-0.39, 0.29) is 10.6 Å². The Morgan fingerprint density at radius 1 is 1.38 bits per heavy atom. The third-order valence-corrected chi connectivity index (χ3v) is 4.02. The van der Waals surface area contributed by atoms with Crippen LogP contribution >= 0.6 is 0 Å². The van der Waals surface area contributed by atoms with Crippen LogP contribution in [0.25, 0.3) is 0 Å². The van der Waals surface area contributed by atoms with Gasteiger partial charge in [-0.25, -0.2) is 0 Å². The first-order valence-electron chi connectivity index (χ1n) is 7.12. The molecule has 1 aliphatic rings. The molecule has 1 saturated carbocycles. The van der Waals surface area contributed by atoms with E-state index in [1.54, 1.807) is 19.1 Å². The largest absolute Gasteiger partial charge is 0.464 e. The molecule has 0 spiro atoms. The fourth-order valence-corrected chi connectivity index (χ4v) is 2.57. The van der Waals surface area contributed by atoms with E-state index < -0.39 is 0 Å². The lowest BCUT2D eigenvalue weighted by atomic mass is 10.2. The number of rotatable bonds is 5.